The molecule has 7 heteroatoms. The van der Waals surface area contributed by atoms with Crippen LogP contribution >= 0.6 is 11.3 Å². The molecule has 0 unspecified atom stereocenters. The number of rotatable bonds is 7. The molecule has 4 rings (SSSR count). The van der Waals surface area contributed by atoms with Crippen LogP contribution in [0.5, 0.6) is 0 Å². The van der Waals surface area contributed by atoms with Crippen molar-refractivity contribution in [3.8, 4) is 0 Å². The first kappa shape index (κ1) is 18.8. The van der Waals surface area contributed by atoms with Crippen molar-refractivity contribution in [3.05, 3.63) is 57.8 Å². The Morgan fingerprint density at radius 2 is 1.75 bits per heavy atom. The second-order valence-corrected chi connectivity index (χ2v) is 8.27. The lowest BCUT2D eigenvalue weighted by atomic mass is 10.1. The maximum absolute atomic E-state index is 12.4. The van der Waals surface area contributed by atoms with E-state index in [2.05, 4.69) is 16.8 Å². The first-order valence-electron chi connectivity index (χ1n) is 9.75. The minimum atomic E-state index is -0.314. The Bertz CT molecular complexity index is 840. The van der Waals surface area contributed by atoms with Crippen LogP contribution in [0.15, 0.2) is 41.8 Å². The number of hydrogen-bond acceptors (Lipinski definition) is 4. The summed E-state index contributed by atoms with van der Waals surface area (Å²) in [5.41, 5.74) is 0.839. The van der Waals surface area contributed by atoms with Crippen molar-refractivity contribution >= 4 is 29.1 Å². The van der Waals surface area contributed by atoms with Crippen molar-refractivity contribution in [2.75, 3.05) is 26.2 Å². The van der Waals surface area contributed by atoms with Gasteiger partial charge >= 0.3 is 0 Å². The fraction of sp³-hybridized carbons (Fsp3) is 0.381. The molecule has 28 heavy (non-hydrogen) atoms. The number of carbonyl (C=O) groups excluding carboxylic acids is 3. The summed E-state index contributed by atoms with van der Waals surface area (Å²) >= 11 is 1.73. The standard InChI is InChI=1S/C21H23N3O3S/c25-19(9-12-24-20(26)15-6-1-2-7-16(15)21(24)27)22-14-17(18-8-5-13-28-18)23-10-3-4-11-23/h1-2,5-8,13,17H,3-4,9-12,14H2,(H,22,25)/p+1/t17-/m0/s1. The number of benzene rings is 1. The van der Waals surface area contributed by atoms with Gasteiger partial charge in [0.05, 0.1) is 35.6 Å². The third kappa shape index (κ3) is 3.72. The van der Waals surface area contributed by atoms with E-state index in [9.17, 15) is 14.4 Å². The van der Waals surface area contributed by atoms with E-state index in [1.807, 2.05) is 6.07 Å². The van der Waals surface area contributed by atoms with Crippen molar-refractivity contribution in [1.29, 1.82) is 0 Å². The van der Waals surface area contributed by atoms with E-state index in [4.69, 9.17) is 0 Å². The number of amides is 3. The molecule has 0 saturated carbocycles. The van der Waals surface area contributed by atoms with Crippen molar-refractivity contribution < 1.29 is 19.3 Å². The highest BCUT2D eigenvalue weighted by molar-refractivity contribution is 7.10. The van der Waals surface area contributed by atoms with Crippen LogP contribution in [0.4, 0.5) is 0 Å². The van der Waals surface area contributed by atoms with Gasteiger partial charge in [-0.05, 0) is 23.6 Å². The van der Waals surface area contributed by atoms with Crippen molar-refractivity contribution in [1.82, 2.24) is 10.2 Å². The molecule has 0 spiro atoms. The van der Waals surface area contributed by atoms with Crippen LogP contribution < -0.4 is 10.2 Å². The van der Waals surface area contributed by atoms with E-state index in [-0.39, 0.29) is 36.7 Å². The number of hydrogen-bond donors (Lipinski definition) is 2. The van der Waals surface area contributed by atoms with Crippen LogP contribution in [0.1, 0.15) is 50.9 Å². The Balaban J connectivity index is 1.32. The number of likely N-dealkylation sites (tertiary alicyclic amines) is 1. The minimum Gasteiger partial charge on any atom is -0.350 e. The van der Waals surface area contributed by atoms with E-state index in [1.54, 1.807) is 35.6 Å². The van der Waals surface area contributed by atoms with Gasteiger partial charge in [0, 0.05) is 25.8 Å². The van der Waals surface area contributed by atoms with Gasteiger partial charge in [-0.1, -0.05) is 18.2 Å². The van der Waals surface area contributed by atoms with E-state index < -0.39 is 0 Å². The summed E-state index contributed by atoms with van der Waals surface area (Å²) in [6, 6.07) is 11.2. The molecule has 1 aromatic carbocycles. The van der Waals surface area contributed by atoms with Gasteiger partial charge in [0.25, 0.3) is 11.8 Å². The van der Waals surface area contributed by atoms with Gasteiger partial charge in [0.2, 0.25) is 5.91 Å². The molecule has 6 nitrogen and oxygen atoms in total. The van der Waals surface area contributed by atoms with Gasteiger partial charge in [-0.3, -0.25) is 19.3 Å². The van der Waals surface area contributed by atoms with Crippen LogP contribution in [0.2, 0.25) is 0 Å². The number of imide groups is 1. The van der Waals surface area contributed by atoms with Crippen LogP contribution in [0.3, 0.4) is 0 Å². The van der Waals surface area contributed by atoms with Crippen molar-refractivity contribution in [2.24, 2.45) is 0 Å². The van der Waals surface area contributed by atoms with E-state index >= 15 is 0 Å². The highest BCUT2D eigenvalue weighted by Gasteiger charge is 2.35. The smallest absolute Gasteiger partial charge is 0.261 e. The highest BCUT2D eigenvalue weighted by Crippen LogP contribution is 2.22. The third-order valence-corrected chi connectivity index (χ3v) is 6.56. The van der Waals surface area contributed by atoms with Gasteiger partial charge in [-0.25, -0.2) is 0 Å². The second kappa shape index (κ2) is 8.24. The molecule has 0 aliphatic carbocycles. The van der Waals surface area contributed by atoms with Gasteiger partial charge in [0.15, 0.2) is 0 Å². The number of quaternary nitrogens is 1. The summed E-state index contributed by atoms with van der Waals surface area (Å²) in [5, 5.41) is 5.09. The lowest BCUT2D eigenvalue weighted by Crippen LogP contribution is -3.11. The van der Waals surface area contributed by atoms with E-state index in [0.717, 1.165) is 13.1 Å². The zero-order valence-electron chi connectivity index (χ0n) is 15.6. The van der Waals surface area contributed by atoms with Crippen molar-refractivity contribution in [2.45, 2.75) is 25.3 Å². The van der Waals surface area contributed by atoms with Crippen LogP contribution in [0, 0.1) is 0 Å². The molecule has 3 heterocycles. The summed E-state index contributed by atoms with van der Waals surface area (Å²) in [6.45, 7) is 2.95. The molecule has 146 valence electrons. The molecule has 2 N–H and O–H groups in total. The predicted molar refractivity (Wildman–Crippen MR) is 106 cm³/mol. The van der Waals surface area contributed by atoms with Crippen LogP contribution in [-0.2, 0) is 4.79 Å². The van der Waals surface area contributed by atoms with Crippen molar-refractivity contribution in [3.63, 3.8) is 0 Å². The van der Waals surface area contributed by atoms with Crippen LogP contribution in [0.25, 0.3) is 0 Å². The number of nitrogens with one attached hydrogen (secondary N) is 2. The number of fused-ring (bicyclic) bond motifs is 1. The summed E-state index contributed by atoms with van der Waals surface area (Å²) in [5.74, 6) is -0.755. The highest BCUT2D eigenvalue weighted by atomic mass is 32.1. The molecule has 2 aromatic rings. The fourth-order valence-electron chi connectivity index (χ4n) is 4.07. The Morgan fingerprint density at radius 3 is 2.36 bits per heavy atom. The molecular weight excluding hydrogens is 374 g/mol. The van der Waals surface area contributed by atoms with Gasteiger partial charge in [0.1, 0.15) is 6.04 Å². The molecule has 0 bridgehead atoms. The zero-order chi connectivity index (χ0) is 19.5. The fourth-order valence-corrected chi connectivity index (χ4v) is 4.96. The summed E-state index contributed by atoms with van der Waals surface area (Å²) < 4.78 is 0. The number of carbonyl (C=O) groups is 3. The summed E-state index contributed by atoms with van der Waals surface area (Å²) in [4.78, 5) is 41.2. The largest absolute Gasteiger partial charge is 0.350 e. The Hall–Kier alpha value is -2.51. The Morgan fingerprint density at radius 1 is 1.07 bits per heavy atom. The lowest BCUT2D eigenvalue weighted by molar-refractivity contribution is -0.918. The molecule has 3 amide bonds. The SMILES string of the molecule is O=C(CCN1C(=O)c2ccccc2C1=O)NC[C@@H](c1cccs1)[NH+]1CCCC1. The van der Waals surface area contributed by atoms with E-state index in [1.165, 1.54) is 27.5 Å². The maximum Gasteiger partial charge on any atom is 0.261 e. The van der Waals surface area contributed by atoms with E-state index in [0.29, 0.717) is 17.7 Å². The summed E-state index contributed by atoms with van der Waals surface area (Å²) in [7, 11) is 0. The number of thiophene rings is 1. The summed E-state index contributed by atoms with van der Waals surface area (Å²) in [6.07, 6.45) is 2.58. The molecule has 0 radical (unpaired) electrons. The first-order chi connectivity index (χ1) is 13.6. The number of nitrogens with zero attached hydrogens (tertiary/aromatic N) is 1. The topological polar surface area (TPSA) is 70.9 Å². The molecule has 2 aliphatic heterocycles. The molecule has 1 aromatic heterocycles. The normalized spacial score (nSPS) is 17.8. The molecule has 1 saturated heterocycles. The first-order valence-corrected chi connectivity index (χ1v) is 10.6. The molecular formula is C21H24N3O3S+. The Kier molecular flexibility index (Phi) is 5.54. The zero-order valence-corrected chi connectivity index (χ0v) is 16.5. The second-order valence-electron chi connectivity index (χ2n) is 7.29. The average molecular weight is 399 g/mol. The molecule has 1 atom stereocenters. The monoisotopic (exact) mass is 398 g/mol. The van der Waals surface area contributed by atoms with Gasteiger partial charge in [-0.15, -0.1) is 11.3 Å². The lowest BCUT2D eigenvalue weighted by Gasteiger charge is -2.24. The van der Waals surface area contributed by atoms with Crippen LogP contribution in [-0.4, -0.2) is 48.8 Å². The third-order valence-electron chi connectivity index (χ3n) is 5.57. The molecule has 2 aliphatic rings. The van der Waals surface area contributed by atoms with Gasteiger partial charge in [-0.2, -0.15) is 0 Å². The Labute approximate surface area is 168 Å². The average Bonchev–Trinajstić information content (AvgIpc) is 3.45. The maximum atomic E-state index is 12.4. The molecule has 1 fully saturated rings. The quantitative estimate of drug-likeness (QED) is 0.690. The van der Waals surface area contributed by atoms with Gasteiger partial charge < -0.3 is 10.2 Å². The predicted octanol–water partition coefficient (Wildman–Crippen LogP) is 1.27. The minimum absolute atomic E-state index is 0.110.